The van der Waals surface area contributed by atoms with E-state index in [2.05, 4.69) is 9.98 Å². The molecule has 0 aliphatic rings. The second-order valence-electron chi connectivity index (χ2n) is 3.67. The molecule has 7 nitrogen and oxygen atoms in total. The molecule has 1 rings (SSSR count). The Kier molecular flexibility index (Phi) is 4.94. The molecule has 0 saturated carbocycles. The molecule has 0 radical (unpaired) electrons. The zero-order chi connectivity index (χ0) is 13.5. The average Bonchev–Trinajstić information content (AvgIpc) is 2.38. The Morgan fingerprint density at radius 2 is 2.33 bits per heavy atom. The summed E-state index contributed by atoms with van der Waals surface area (Å²) < 4.78 is 0. The highest BCUT2D eigenvalue weighted by Crippen LogP contribution is 2.17. The third-order valence-electron chi connectivity index (χ3n) is 2.40. The number of aliphatic imine (C=N–C) groups is 1. The van der Waals surface area contributed by atoms with E-state index in [1.165, 1.54) is 6.34 Å². The van der Waals surface area contributed by atoms with Crippen molar-refractivity contribution in [3.8, 4) is 0 Å². The minimum Gasteiger partial charge on any atom is -0.296 e. The maximum Gasteiger partial charge on any atom is 0.253 e. The molecule has 0 bridgehead atoms. The molecule has 0 aliphatic heterocycles. The number of carbonyl (C=O) groups excluding carboxylic acids is 2. The van der Waals surface area contributed by atoms with Crippen LogP contribution >= 0.6 is 0 Å². The molecule has 3 N–H and O–H groups in total. The molecule has 0 saturated heterocycles. The standard InChI is InChI=1S/C11H15N5O2/c1-8-3-4-13-11(9(8)2)14-6-16(7-17)5-10(18)15-12/h3-4,6-7H,5,12H2,1-2H3,(H,15,18). The first kappa shape index (κ1) is 13.8. The van der Waals surface area contributed by atoms with E-state index >= 15 is 0 Å². The predicted molar refractivity (Wildman–Crippen MR) is 67.0 cm³/mol. The summed E-state index contributed by atoms with van der Waals surface area (Å²) in [4.78, 5) is 30.9. The summed E-state index contributed by atoms with van der Waals surface area (Å²) >= 11 is 0. The van der Waals surface area contributed by atoms with Crippen LogP contribution in [0, 0.1) is 13.8 Å². The van der Waals surface area contributed by atoms with Gasteiger partial charge in [-0.05, 0) is 31.0 Å². The van der Waals surface area contributed by atoms with Crippen molar-refractivity contribution >= 4 is 24.5 Å². The zero-order valence-corrected chi connectivity index (χ0v) is 10.3. The summed E-state index contributed by atoms with van der Waals surface area (Å²) in [7, 11) is 0. The first-order chi connectivity index (χ1) is 8.58. The summed E-state index contributed by atoms with van der Waals surface area (Å²) in [6, 6.07) is 1.87. The number of pyridine rings is 1. The Labute approximate surface area is 105 Å². The van der Waals surface area contributed by atoms with Gasteiger partial charge >= 0.3 is 0 Å². The number of amides is 2. The first-order valence-electron chi connectivity index (χ1n) is 5.25. The van der Waals surface area contributed by atoms with E-state index in [1.54, 1.807) is 6.20 Å². The quantitative estimate of drug-likeness (QED) is 0.188. The van der Waals surface area contributed by atoms with E-state index in [9.17, 15) is 9.59 Å². The summed E-state index contributed by atoms with van der Waals surface area (Å²) in [6.45, 7) is 3.64. The number of hydrazine groups is 1. The zero-order valence-electron chi connectivity index (χ0n) is 10.3. The van der Waals surface area contributed by atoms with Gasteiger partial charge in [-0.25, -0.2) is 15.8 Å². The number of nitrogens with zero attached hydrogens (tertiary/aromatic N) is 3. The molecule has 18 heavy (non-hydrogen) atoms. The molecule has 1 aromatic heterocycles. The molecule has 2 amide bonds. The largest absolute Gasteiger partial charge is 0.296 e. The van der Waals surface area contributed by atoms with Crippen LogP contribution in [-0.4, -0.2) is 35.1 Å². The van der Waals surface area contributed by atoms with Gasteiger partial charge in [-0.3, -0.25) is 19.9 Å². The Morgan fingerprint density at radius 1 is 1.61 bits per heavy atom. The highest BCUT2D eigenvalue weighted by Gasteiger charge is 2.05. The van der Waals surface area contributed by atoms with Crippen LogP contribution in [0.1, 0.15) is 11.1 Å². The van der Waals surface area contributed by atoms with Gasteiger partial charge in [0.05, 0.1) is 6.34 Å². The van der Waals surface area contributed by atoms with Crippen molar-refractivity contribution in [3.05, 3.63) is 23.4 Å². The van der Waals surface area contributed by atoms with Crippen LogP contribution < -0.4 is 11.3 Å². The number of nitrogens with two attached hydrogens (primary N) is 1. The molecule has 1 heterocycles. The van der Waals surface area contributed by atoms with E-state index < -0.39 is 5.91 Å². The Bertz CT molecular complexity index is 473. The van der Waals surface area contributed by atoms with E-state index in [-0.39, 0.29) is 6.54 Å². The first-order valence-corrected chi connectivity index (χ1v) is 5.25. The van der Waals surface area contributed by atoms with E-state index in [4.69, 9.17) is 5.84 Å². The lowest BCUT2D eigenvalue weighted by molar-refractivity contribution is -0.125. The molecule has 0 aliphatic carbocycles. The minimum atomic E-state index is -0.484. The number of nitrogens with one attached hydrogen (secondary N) is 1. The van der Waals surface area contributed by atoms with Crippen LogP contribution in [0.15, 0.2) is 17.3 Å². The van der Waals surface area contributed by atoms with Gasteiger partial charge in [0.25, 0.3) is 5.91 Å². The molecule has 7 heteroatoms. The fourth-order valence-corrected chi connectivity index (χ4v) is 1.19. The van der Waals surface area contributed by atoms with E-state index in [0.29, 0.717) is 12.2 Å². The molecule has 0 fully saturated rings. The number of aryl methyl sites for hydroxylation is 1. The summed E-state index contributed by atoms with van der Waals surface area (Å²) in [6.07, 6.45) is 3.37. The van der Waals surface area contributed by atoms with Crippen LogP contribution in [0.4, 0.5) is 5.82 Å². The fourth-order valence-electron chi connectivity index (χ4n) is 1.19. The lowest BCUT2D eigenvalue weighted by Gasteiger charge is -2.09. The van der Waals surface area contributed by atoms with Crippen LogP contribution in [-0.2, 0) is 9.59 Å². The minimum absolute atomic E-state index is 0.186. The second-order valence-corrected chi connectivity index (χ2v) is 3.67. The molecule has 0 spiro atoms. The third-order valence-corrected chi connectivity index (χ3v) is 2.40. The highest BCUT2D eigenvalue weighted by atomic mass is 16.2. The normalized spacial score (nSPS) is 10.4. The summed E-state index contributed by atoms with van der Waals surface area (Å²) in [5.74, 6) is 4.95. The van der Waals surface area contributed by atoms with E-state index in [0.717, 1.165) is 16.0 Å². The van der Waals surface area contributed by atoms with Crippen molar-refractivity contribution in [2.75, 3.05) is 6.54 Å². The molecule has 96 valence electrons. The Morgan fingerprint density at radius 3 is 2.94 bits per heavy atom. The molecule has 1 aromatic rings. The molecular weight excluding hydrogens is 234 g/mol. The fraction of sp³-hybridized carbons (Fsp3) is 0.273. The number of hydrogen-bond donors (Lipinski definition) is 2. The van der Waals surface area contributed by atoms with Gasteiger partial charge in [-0.1, -0.05) is 0 Å². The summed E-state index contributed by atoms with van der Waals surface area (Å²) in [5.41, 5.74) is 3.90. The van der Waals surface area contributed by atoms with Gasteiger partial charge in [0.2, 0.25) is 6.41 Å². The predicted octanol–water partition coefficient (Wildman–Crippen LogP) is -0.193. The number of carbonyl (C=O) groups is 2. The monoisotopic (exact) mass is 249 g/mol. The molecular formula is C11H15N5O2. The number of aromatic nitrogens is 1. The van der Waals surface area contributed by atoms with E-state index in [1.807, 2.05) is 25.3 Å². The maximum atomic E-state index is 11.0. The van der Waals surface area contributed by atoms with Gasteiger partial charge < -0.3 is 0 Å². The smallest absolute Gasteiger partial charge is 0.253 e. The number of rotatable bonds is 5. The summed E-state index contributed by atoms with van der Waals surface area (Å²) in [5, 5.41) is 0. The SMILES string of the molecule is Cc1ccnc(N=CN(C=O)CC(=O)NN)c1C. The van der Waals surface area contributed by atoms with Crippen molar-refractivity contribution in [3.63, 3.8) is 0 Å². The molecule has 0 unspecified atom stereocenters. The lowest BCUT2D eigenvalue weighted by atomic mass is 10.2. The second kappa shape index (κ2) is 6.45. The highest BCUT2D eigenvalue weighted by molar-refractivity contribution is 5.85. The van der Waals surface area contributed by atoms with Crippen LogP contribution in [0.2, 0.25) is 0 Å². The number of hydrogen-bond acceptors (Lipinski definition) is 5. The Hall–Kier alpha value is -2.28. The maximum absolute atomic E-state index is 11.0. The van der Waals surface area contributed by atoms with Crippen molar-refractivity contribution in [2.45, 2.75) is 13.8 Å². The molecule has 0 aromatic carbocycles. The third kappa shape index (κ3) is 3.63. The average molecular weight is 249 g/mol. The van der Waals surface area contributed by atoms with Crippen LogP contribution in [0.5, 0.6) is 0 Å². The van der Waals surface area contributed by atoms with Gasteiger partial charge in [0, 0.05) is 6.20 Å². The Balaban J connectivity index is 2.80. The van der Waals surface area contributed by atoms with Crippen molar-refractivity contribution in [1.82, 2.24) is 15.3 Å². The van der Waals surface area contributed by atoms with Crippen molar-refractivity contribution in [2.24, 2.45) is 10.8 Å². The van der Waals surface area contributed by atoms with Gasteiger partial charge in [0.15, 0.2) is 5.82 Å². The van der Waals surface area contributed by atoms with Gasteiger partial charge in [0.1, 0.15) is 6.54 Å². The topological polar surface area (TPSA) is 101 Å². The van der Waals surface area contributed by atoms with Crippen molar-refractivity contribution in [1.29, 1.82) is 0 Å². The van der Waals surface area contributed by atoms with Gasteiger partial charge in [-0.15, -0.1) is 0 Å². The lowest BCUT2D eigenvalue weighted by Crippen LogP contribution is -2.39. The van der Waals surface area contributed by atoms with Crippen molar-refractivity contribution < 1.29 is 9.59 Å². The van der Waals surface area contributed by atoms with Crippen LogP contribution in [0.25, 0.3) is 0 Å². The molecule has 0 atom stereocenters. The van der Waals surface area contributed by atoms with Crippen LogP contribution in [0.3, 0.4) is 0 Å². The van der Waals surface area contributed by atoms with Gasteiger partial charge in [-0.2, -0.15) is 0 Å².